The fraction of sp³-hybridized carbons (Fsp3) is 1.00. The predicted octanol–water partition coefficient (Wildman–Crippen LogP) is 2.27. The molecule has 4 unspecified atom stereocenters. The van der Waals surface area contributed by atoms with Gasteiger partial charge >= 0.3 is 35.0 Å². The van der Waals surface area contributed by atoms with E-state index in [0.717, 1.165) is 0 Å². The van der Waals surface area contributed by atoms with Gasteiger partial charge < -0.3 is 34.8 Å². The Morgan fingerprint density at radius 1 is 0.680 bits per heavy atom. The van der Waals surface area contributed by atoms with Gasteiger partial charge in [-0.15, -0.1) is 0 Å². The summed E-state index contributed by atoms with van der Waals surface area (Å²) in [5.41, 5.74) is 0. The summed E-state index contributed by atoms with van der Waals surface area (Å²) in [5.74, 6) is 0. The Labute approximate surface area is 156 Å². The molecule has 1 heterocycles. The first-order chi connectivity index (χ1) is 11.8. The summed E-state index contributed by atoms with van der Waals surface area (Å²) >= 11 is 0. The Morgan fingerprint density at radius 2 is 1.12 bits per heavy atom. The Morgan fingerprint density at radius 3 is 1.48 bits per heavy atom. The molecule has 1 N–H and O–H groups in total. The Bertz CT molecular complexity index is 375. The zero-order valence-electron chi connectivity index (χ0n) is 16.5. The SMILES string of the molecule is CCO[Si]1(CC)O[Si](CC)(CO)O[Si](CC)(OC)O[Si](CC)(OC)O1. The van der Waals surface area contributed by atoms with E-state index in [4.69, 9.17) is 29.7 Å². The molecule has 0 amide bonds. The van der Waals surface area contributed by atoms with Gasteiger partial charge in [0.1, 0.15) is 0 Å². The minimum Gasteiger partial charge on any atom is -0.395 e. The Balaban J connectivity index is 3.47. The summed E-state index contributed by atoms with van der Waals surface area (Å²) in [6, 6.07) is 2.19. The molecule has 0 saturated carbocycles. The summed E-state index contributed by atoms with van der Waals surface area (Å²) in [6.07, 6.45) is -0.205. The van der Waals surface area contributed by atoms with E-state index in [0.29, 0.717) is 30.8 Å². The van der Waals surface area contributed by atoms with Crippen LogP contribution in [0.4, 0.5) is 0 Å². The first kappa shape index (κ1) is 23.6. The van der Waals surface area contributed by atoms with Crippen molar-refractivity contribution in [3.05, 3.63) is 0 Å². The third-order valence-corrected chi connectivity index (χ3v) is 20.9. The molecule has 12 heteroatoms. The van der Waals surface area contributed by atoms with Gasteiger partial charge in [0.05, 0.1) is 6.23 Å². The van der Waals surface area contributed by atoms with Crippen LogP contribution in [0, 0.1) is 0 Å². The van der Waals surface area contributed by atoms with Crippen LogP contribution in [0.5, 0.6) is 0 Å². The first-order valence-corrected chi connectivity index (χ1v) is 17.0. The summed E-state index contributed by atoms with van der Waals surface area (Å²) < 4.78 is 43.2. The summed E-state index contributed by atoms with van der Waals surface area (Å²) in [6.45, 7) is 10.1. The molecule has 4 atom stereocenters. The van der Waals surface area contributed by atoms with Crippen molar-refractivity contribution in [1.29, 1.82) is 0 Å². The van der Waals surface area contributed by atoms with Crippen molar-refractivity contribution in [3.8, 4) is 0 Å². The summed E-state index contributed by atoms with van der Waals surface area (Å²) in [7, 11) is -9.22. The van der Waals surface area contributed by atoms with E-state index in [1.807, 2.05) is 34.6 Å². The summed E-state index contributed by atoms with van der Waals surface area (Å²) in [5, 5.41) is 10.1. The average Bonchev–Trinajstić information content (AvgIpc) is 2.64. The normalized spacial score (nSPS) is 39.8. The van der Waals surface area contributed by atoms with E-state index in [-0.39, 0.29) is 6.23 Å². The van der Waals surface area contributed by atoms with Crippen molar-refractivity contribution in [2.24, 2.45) is 0 Å². The minimum atomic E-state index is -3.13. The van der Waals surface area contributed by atoms with Gasteiger partial charge in [-0.2, -0.15) is 0 Å². The van der Waals surface area contributed by atoms with Crippen LogP contribution in [0.3, 0.4) is 0 Å². The second kappa shape index (κ2) is 9.65. The van der Waals surface area contributed by atoms with E-state index in [2.05, 4.69) is 0 Å². The highest BCUT2D eigenvalue weighted by Crippen LogP contribution is 2.37. The fourth-order valence-electron chi connectivity index (χ4n) is 2.71. The molecule has 1 saturated heterocycles. The monoisotopic (exact) mass is 430 g/mol. The van der Waals surface area contributed by atoms with Crippen molar-refractivity contribution in [2.45, 2.75) is 58.8 Å². The van der Waals surface area contributed by atoms with Gasteiger partial charge in [0, 0.05) is 39.0 Å². The molecule has 0 bridgehead atoms. The minimum absolute atomic E-state index is 0.205. The third-order valence-electron chi connectivity index (χ3n) is 4.37. The quantitative estimate of drug-likeness (QED) is 0.558. The Kier molecular flexibility index (Phi) is 9.11. The van der Waals surface area contributed by atoms with Crippen molar-refractivity contribution >= 4 is 35.0 Å². The standard InChI is InChI=1S/C13H34O8Si4/c1-8-17-25(12-5)19-22(9-2,13-14)18-23(10-3,15-6)20-24(11-4,16-7)21-25/h14H,8-13H2,1-7H3. The van der Waals surface area contributed by atoms with E-state index < -0.39 is 35.0 Å². The van der Waals surface area contributed by atoms with E-state index in [9.17, 15) is 5.11 Å². The van der Waals surface area contributed by atoms with Gasteiger partial charge in [-0.3, -0.25) is 0 Å². The number of hydrogen-bond acceptors (Lipinski definition) is 8. The van der Waals surface area contributed by atoms with Crippen LogP contribution in [0.1, 0.15) is 34.6 Å². The average molecular weight is 431 g/mol. The highest BCUT2D eigenvalue weighted by atomic mass is 28.5. The van der Waals surface area contributed by atoms with Crippen LogP contribution in [0.2, 0.25) is 24.2 Å². The highest BCUT2D eigenvalue weighted by Gasteiger charge is 2.64. The van der Waals surface area contributed by atoms with Crippen molar-refractivity contribution in [2.75, 3.05) is 27.1 Å². The molecule has 150 valence electrons. The molecule has 1 aliphatic heterocycles. The molecule has 1 fully saturated rings. The molecule has 25 heavy (non-hydrogen) atoms. The number of aliphatic hydroxyl groups excluding tert-OH is 1. The van der Waals surface area contributed by atoms with Crippen LogP contribution in [0.25, 0.3) is 0 Å². The van der Waals surface area contributed by atoms with E-state index in [1.54, 1.807) is 14.2 Å². The maximum atomic E-state index is 10.1. The number of hydrogen-bond donors (Lipinski definition) is 1. The van der Waals surface area contributed by atoms with E-state index in [1.165, 1.54) is 0 Å². The molecule has 0 aromatic heterocycles. The molecule has 0 aromatic carbocycles. The number of rotatable bonds is 9. The zero-order valence-corrected chi connectivity index (χ0v) is 20.5. The lowest BCUT2D eigenvalue weighted by atomic mass is 10.9. The molecular formula is C13H34O8Si4. The van der Waals surface area contributed by atoms with Crippen molar-refractivity contribution in [3.63, 3.8) is 0 Å². The largest absolute Gasteiger partial charge is 0.485 e. The fourth-order valence-corrected chi connectivity index (χ4v) is 21.6. The van der Waals surface area contributed by atoms with E-state index >= 15 is 0 Å². The van der Waals surface area contributed by atoms with Crippen LogP contribution in [0.15, 0.2) is 0 Å². The van der Waals surface area contributed by atoms with Crippen LogP contribution < -0.4 is 0 Å². The molecule has 0 aromatic rings. The second-order valence-electron chi connectivity index (χ2n) is 5.78. The maximum Gasteiger partial charge on any atom is 0.485 e. The second-order valence-corrected chi connectivity index (χ2v) is 19.2. The summed E-state index contributed by atoms with van der Waals surface area (Å²) in [4.78, 5) is 0. The van der Waals surface area contributed by atoms with Gasteiger partial charge in [-0.25, -0.2) is 0 Å². The molecule has 1 aliphatic rings. The Hall–Kier alpha value is 0.548. The lowest BCUT2D eigenvalue weighted by molar-refractivity contribution is 0.0525. The van der Waals surface area contributed by atoms with Gasteiger partial charge in [0.15, 0.2) is 0 Å². The predicted molar refractivity (Wildman–Crippen MR) is 102 cm³/mol. The maximum absolute atomic E-state index is 10.1. The van der Waals surface area contributed by atoms with Crippen LogP contribution in [-0.4, -0.2) is 67.1 Å². The van der Waals surface area contributed by atoms with Crippen molar-refractivity contribution in [1.82, 2.24) is 0 Å². The zero-order chi connectivity index (χ0) is 19.2. The third kappa shape index (κ3) is 5.08. The van der Waals surface area contributed by atoms with Gasteiger partial charge in [0.25, 0.3) is 0 Å². The lowest BCUT2D eigenvalue weighted by Crippen LogP contribution is -2.72. The molecular weight excluding hydrogens is 396 g/mol. The molecule has 0 radical (unpaired) electrons. The number of aliphatic hydroxyl groups is 1. The van der Waals surface area contributed by atoms with Gasteiger partial charge in [-0.05, 0) is 13.0 Å². The topological polar surface area (TPSA) is 84.8 Å². The van der Waals surface area contributed by atoms with Gasteiger partial charge in [-0.1, -0.05) is 27.7 Å². The smallest absolute Gasteiger partial charge is 0.395 e. The molecule has 0 spiro atoms. The first-order valence-electron chi connectivity index (χ1n) is 8.97. The highest BCUT2D eigenvalue weighted by molar-refractivity contribution is 6.90. The van der Waals surface area contributed by atoms with Crippen molar-refractivity contribution < 1.29 is 34.8 Å². The molecule has 1 rings (SSSR count). The molecule has 8 nitrogen and oxygen atoms in total. The van der Waals surface area contributed by atoms with Crippen LogP contribution in [-0.2, 0) is 29.7 Å². The molecule has 0 aliphatic carbocycles. The van der Waals surface area contributed by atoms with Gasteiger partial charge in [0.2, 0.25) is 0 Å². The van der Waals surface area contributed by atoms with Crippen LogP contribution >= 0.6 is 0 Å². The lowest BCUT2D eigenvalue weighted by Gasteiger charge is -2.49.